The first-order chi connectivity index (χ1) is 16.7. The summed E-state index contributed by atoms with van der Waals surface area (Å²) in [6.07, 6.45) is 6.05. The molecule has 1 unspecified atom stereocenters. The molecular formula is C29H42O7. The van der Waals surface area contributed by atoms with E-state index < -0.39 is 17.7 Å². The van der Waals surface area contributed by atoms with Crippen LogP contribution in [0.2, 0.25) is 0 Å². The molecule has 0 amide bonds. The molecule has 1 aromatic rings. The first-order valence-corrected chi connectivity index (χ1v) is 11.7. The van der Waals surface area contributed by atoms with E-state index in [-0.39, 0.29) is 18.5 Å². The number of hydrogen-bond acceptors (Lipinski definition) is 7. The third-order valence-electron chi connectivity index (χ3n) is 3.65. The van der Waals surface area contributed by atoms with E-state index in [1.54, 1.807) is 19.9 Å². The van der Waals surface area contributed by atoms with E-state index in [9.17, 15) is 14.4 Å². The van der Waals surface area contributed by atoms with Gasteiger partial charge in [-0.2, -0.15) is 0 Å². The Morgan fingerprint density at radius 1 is 1.06 bits per heavy atom. The number of unbranched alkanes of at least 4 members (excludes halogenated alkanes) is 1. The zero-order valence-corrected chi connectivity index (χ0v) is 22.5. The SMILES string of the molecule is C=C(C)C(=O)OCC(C)O.C=C(C=Cc1ccccc1)C(=O)OC(C)(C)C.C=CC(=O)OCCCC. The largest absolute Gasteiger partial charge is 0.463 e. The number of esters is 3. The lowest BCUT2D eigenvalue weighted by atomic mass is 10.1. The van der Waals surface area contributed by atoms with Crippen molar-refractivity contribution in [2.45, 2.75) is 66.1 Å². The van der Waals surface area contributed by atoms with Crippen LogP contribution < -0.4 is 0 Å². The van der Waals surface area contributed by atoms with Gasteiger partial charge in [-0.15, -0.1) is 0 Å². The molecule has 0 aliphatic carbocycles. The number of carbonyl (C=O) groups excluding carboxylic acids is 3. The number of aliphatic hydroxyl groups excluding tert-OH is 1. The summed E-state index contributed by atoms with van der Waals surface area (Å²) in [7, 11) is 0. The molecule has 1 aromatic carbocycles. The first kappa shape index (κ1) is 34.7. The van der Waals surface area contributed by atoms with Crippen LogP contribution in [0.15, 0.2) is 73.4 Å². The maximum Gasteiger partial charge on any atom is 0.338 e. The van der Waals surface area contributed by atoms with Gasteiger partial charge in [0.1, 0.15) is 12.2 Å². The van der Waals surface area contributed by atoms with Crippen LogP contribution in [0, 0.1) is 0 Å². The van der Waals surface area contributed by atoms with Crippen molar-refractivity contribution in [3.05, 3.63) is 78.9 Å². The Morgan fingerprint density at radius 2 is 1.64 bits per heavy atom. The normalized spacial score (nSPS) is 11.0. The highest BCUT2D eigenvalue weighted by molar-refractivity contribution is 5.92. The highest BCUT2D eigenvalue weighted by Crippen LogP contribution is 2.12. The maximum atomic E-state index is 11.6. The average Bonchev–Trinajstić information content (AvgIpc) is 2.81. The molecule has 0 fully saturated rings. The van der Waals surface area contributed by atoms with E-state index in [0.717, 1.165) is 18.4 Å². The molecule has 0 saturated carbocycles. The molecule has 0 spiro atoms. The van der Waals surface area contributed by atoms with Crippen molar-refractivity contribution in [3.63, 3.8) is 0 Å². The Bertz CT molecular complexity index is 859. The van der Waals surface area contributed by atoms with Crippen molar-refractivity contribution >= 4 is 24.0 Å². The van der Waals surface area contributed by atoms with Crippen LogP contribution in [-0.4, -0.2) is 47.9 Å². The Labute approximate surface area is 216 Å². The number of aliphatic hydroxyl groups is 1. The Morgan fingerprint density at radius 3 is 2.08 bits per heavy atom. The first-order valence-electron chi connectivity index (χ1n) is 11.7. The van der Waals surface area contributed by atoms with Gasteiger partial charge in [-0.05, 0) is 52.7 Å². The Balaban J connectivity index is 0. The van der Waals surface area contributed by atoms with Crippen molar-refractivity contribution in [2.24, 2.45) is 0 Å². The van der Waals surface area contributed by atoms with Gasteiger partial charge >= 0.3 is 17.9 Å². The molecule has 36 heavy (non-hydrogen) atoms. The molecule has 200 valence electrons. The zero-order chi connectivity index (χ0) is 28.1. The molecule has 0 aliphatic rings. The van der Waals surface area contributed by atoms with Gasteiger partial charge in [0.05, 0.1) is 18.3 Å². The number of rotatable bonds is 10. The summed E-state index contributed by atoms with van der Waals surface area (Å²) in [5.41, 5.74) is 1.24. The molecule has 0 heterocycles. The molecule has 1 rings (SSSR count). The van der Waals surface area contributed by atoms with Crippen molar-refractivity contribution in [2.75, 3.05) is 13.2 Å². The second-order valence-electron chi connectivity index (χ2n) is 8.72. The molecule has 1 atom stereocenters. The quantitative estimate of drug-likeness (QED) is 0.146. The van der Waals surface area contributed by atoms with Gasteiger partial charge in [-0.3, -0.25) is 0 Å². The fraction of sp³-hybridized carbons (Fsp3) is 0.414. The van der Waals surface area contributed by atoms with Crippen LogP contribution in [0.5, 0.6) is 0 Å². The van der Waals surface area contributed by atoms with Crippen molar-refractivity contribution < 1.29 is 33.7 Å². The van der Waals surface area contributed by atoms with E-state index in [1.165, 1.54) is 6.08 Å². The van der Waals surface area contributed by atoms with E-state index >= 15 is 0 Å². The molecule has 1 N–H and O–H groups in total. The summed E-state index contributed by atoms with van der Waals surface area (Å²) in [5.74, 6) is -1.17. The number of carbonyl (C=O) groups is 3. The van der Waals surface area contributed by atoms with Gasteiger partial charge in [0.25, 0.3) is 0 Å². The van der Waals surface area contributed by atoms with Crippen molar-refractivity contribution in [1.82, 2.24) is 0 Å². The lowest BCUT2D eigenvalue weighted by molar-refractivity contribution is -0.149. The summed E-state index contributed by atoms with van der Waals surface area (Å²) >= 11 is 0. The third-order valence-corrected chi connectivity index (χ3v) is 3.65. The predicted octanol–water partition coefficient (Wildman–Crippen LogP) is 5.60. The number of benzene rings is 1. The minimum absolute atomic E-state index is 0.0334. The maximum absolute atomic E-state index is 11.6. The van der Waals surface area contributed by atoms with Gasteiger partial charge in [0, 0.05) is 11.6 Å². The summed E-state index contributed by atoms with van der Waals surface area (Å²) in [5, 5.41) is 8.68. The Hall–Kier alpha value is -3.45. The number of hydrogen-bond donors (Lipinski definition) is 1. The minimum Gasteiger partial charge on any atom is -0.463 e. The third kappa shape index (κ3) is 22.3. The van der Waals surface area contributed by atoms with Crippen LogP contribution >= 0.6 is 0 Å². The van der Waals surface area contributed by atoms with E-state index in [0.29, 0.717) is 17.8 Å². The molecular weight excluding hydrogens is 460 g/mol. The molecule has 0 radical (unpaired) electrons. The summed E-state index contributed by atoms with van der Waals surface area (Å²) in [6, 6.07) is 9.74. The zero-order valence-electron chi connectivity index (χ0n) is 22.5. The van der Waals surface area contributed by atoms with Crippen LogP contribution in [0.4, 0.5) is 0 Å². The predicted molar refractivity (Wildman–Crippen MR) is 144 cm³/mol. The van der Waals surface area contributed by atoms with Crippen molar-refractivity contribution in [3.8, 4) is 0 Å². The average molecular weight is 503 g/mol. The molecule has 0 aliphatic heterocycles. The molecule has 7 nitrogen and oxygen atoms in total. The van der Waals surface area contributed by atoms with E-state index in [4.69, 9.17) is 9.84 Å². The van der Waals surface area contributed by atoms with Gasteiger partial charge in [-0.25, -0.2) is 14.4 Å². The van der Waals surface area contributed by atoms with Gasteiger partial charge in [0.2, 0.25) is 0 Å². The fourth-order valence-electron chi connectivity index (χ4n) is 1.87. The molecule has 0 aromatic heterocycles. The fourth-order valence-corrected chi connectivity index (χ4v) is 1.87. The second kappa shape index (κ2) is 19.8. The number of ether oxygens (including phenoxy) is 3. The van der Waals surface area contributed by atoms with Gasteiger partial charge < -0.3 is 19.3 Å². The van der Waals surface area contributed by atoms with Crippen LogP contribution in [0.3, 0.4) is 0 Å². The van der Waals surface area contributed by atoms with E-state index in [2.05, 4.69) is 29.2 Å². The van der Waals surface area contributed by atoms with Gasteiger partial charge in [-0.1, -0.05) is 69.5 Å². The topological polar surface area (TPSA) is 99.1 Å². The summed E-state index contributed by atoms with van der Waals surface area (Å²) in [6.45, 7) is 21.5. The van der Waals surface area contributed by atoms with Crippen LogP contribution in [0.1, 0.15) is 59.9 Å². The lowest BCUT2D eigenvalue weighted by Gasteiger charge is -2.19. The lowest BCUT2D eigenvalue weighted by Crippen LogP contribution is -2.24. The standard InChI is InChI=1S/C15H18O2.C7H12O3.C7H12O2/c1-12(14(16)17-15(2,3)4)10-11-13-8-6-5-7-9-13;1-5(2)7(9)10-4-6(3)8;1-3-5-6-9-7(8)4-2/h5-11H,1H2,2-4H3;6,8H,1,4H2,2-3H3;4H,2-3,5-6H2,1H3. The monoisotopic (exact) mass is 502 g/mol. The highest BCUT2D eigenvalue weighted by atomic mass is 16.6. The molecule has 0 bridgehead atoms. The Kier molecular flexibility index (Phi) is 19.1. The van der Waals surface area contributed by atoms with Crippen molar-refractivity contribution in [1.29, 1.82) is 0 Å². The minimum atomic E-state index is -0.608. The second-order valence-corrected chi connectivity index (χ2v) is 8.72. The smallest absolute Gasteiger partial charge is 0.338 e. The summed E-state index contributed by atoms with van der Waals surface area (Å²) < 4.78 is 14.4. The van der Waals surface area contributed by atoms with Gasteiger partial charge in [0.15, 0.2) is 0 Å². The highest BCUT2D eigenvalue weighted by Gasteiger charge is 2.17. The molecule has 0 saturated heterocycles. The van der Waals surface area contributed by atoms with Crippen LogP contribution in [-0.2, 0) is 28.6 Å². The van der Waals surface area contributed by atoms with E-state index in [1.807, 2.05) is 64.1 Å². The summed E-state index contributed by atoms with van der Waals surface area (Å²) in [4.78, 5) is 32.6. The van der Waals surface area contributed by atoms with Crippen LogP contribution in [0.25, 0.3) is 6.08 Å². The molecule has 7 heteroatoms.